The Morgan fingerprint density at radius 3 is 1.44 bits per heavy atom. The Morgan fingerprint density at radius 2 is 1.00 bits per heavy atom. The summed E-state index contributed by atoms with van der Waals surface area (Å²) in [5, 5.41) is 25.1. The molecule has 0 radical (unpaired) electrons. The molecule has 4 aliphatic carbocycles. The minimum Gasteiger partial charge on any atom is -0.465 e. The number of amides is 4. The van der Waals surface area contributed by atoms with Crippen molar-refractivity contribution in [2.24, 2.45) is 23.7 Å². The average molecular weight is 1060 g/mol. The number of hydrogen-bond donors (Lipinski definition) is 6. The maximum atomic E-state index is 16.6. The lowest BCUT2D eigenvalue weighted by molar-refractivity contribution is -0.138. The number of carbonyl (C=O) groups excluding carboxylic acids is 2. The molecule has 16 nitrogen and oxygen atoms in total. The Balaban J connectivity index is 0.831. The zero-order valence-corrected chi connectivity index (χ0v) is 43.8. The summed E-state index contributed by atoms with van der Waals surface area (Å²) in [7, 11) is 0. The minimum absolute atomic E-state index is 0.0207. The van der Waals surface area contributed by atoms with E-state index in [2.05, 4.69) is 49.8 Å². The molecule has 8 aliphatic rings. The third-order valence-electron chi connectivity index (χ3n) is 19.8. The number of likely N-dealkylation sites (tertiary alicyclic amines) is 2. The van der Waals surface area contributed by atoms with E-state index in [0.717, 1.165) is 155 Å². The van der Waals surface area contributed by atoms with Crippen LogP contribution in [0.25, 0.3) is 22.1 Å². The Kier molecular flexibility index (Phi) is 13.3. The first-order valence-corrected chi connectivity index (χ1v) is 29.1. The van der Waals surface area contributed by atoms with Gasteiger partial charge in [-0.25, -0.2) is 28.3 Å². The highest BCUT2D eigenvalue weighted by Gasteiger charge is 2.52. The summed E-state index contributed by atoms with van der Waals surface area (Å²) in [6.45, 7) is 1.20. The number of carbonyl (C=O) groups is 4. The zero-order chi connectivity index (χ0) is 52.6. The molecular weight excluding hydrogens is 983 g/mol. The fraction of sp³-hybridized carbons (Fsp3) is 0.593. The number of H-pyrrole nitrogens is 2. The van der Waals surface area contributed by atoms with Crippen LogP contribution in [0.4, 0.5) is 29.7 Å². The second kappa shape index (κ2) is 20.4. The molecule has 4 saturated carbocycles. The Hall–Kier alpha value is -6.46. The molecule has 77 heavy (non-hydrogen) atoms. The van der Waals surface area contributed by atoms with Crippen molar-refractivity contribution in [2.75, 3.05) is 22.9 Å². The Morgan fingerprint density at radius 1 is 0.545 bits per heavy atom. The van der Waals surface area contributed by atoms with E-state index in [9.17, 15) is 29.4 Å². The third kappa shape index (κ3) is 9.12. The fourth-order valence-corrected chi connectivity index (χ4v) is 16.4. The summed E-state index contributed by atoms with van der Waals surface area (Å²) >= 11 is 0. The van der Waals surface area contributed by atoms with Gasteiger partial charge in [0.05, 0.1) is 46.2 Å². The number of aromatic amines is 2. The van der Waals surface area contributed by atoms with Crippen molar-refractivity contribution in [3.8, 4) is 0 Å². The molecule has 8 fully saturated rings. The first-order valence-electron chi connectivity index (χ1n) is 29.1. The van der Waals surface area contributed by atoms with Gasteiger partial charge in [0.2, 0.25) is 11.8 Å². The van der Waals surface area contributed by atoms with E-state index in [4.69, 9.17) is 9.97 Å². The van der Waals surface area contributed by atoms with Crippen molar-refractivity contribution in [3.63, 3.8) is 0 Å². The normalized spacial score (nSPS) is 28.5. The number of carboxylic acid groups (broad SMARTS) is 2. The maximum Gasteiger partial charge on any atom is 0.405 e. The first-order chi connectivity index (χ1) is 37.4. The molecular formula is C59H72F2N10O6. The van der Waals surface area contributed by atoms with Gasteiger partial charge in [0, 0.05) is 30.9 Å². The standard InChI is InChI=1S/C59H72F2N10O6/c60-39-30-38(31-40(61)53(39)68-24-6-1-7-25-68)69-47(36-18-20-41-43(26-36)64-54(62-41)49-28-34-14-8-16-45(34)70(49)56(72)51(66-58(74)75)32-10-2-3-11-32)22-23-48(69)37-19-21-42-44(27-37)65-55(63-42)50-29-35-15-9-17-46(35)71(50)57(73)52(67-59(76)77)33-12-4-5-13-33/h18-21,26-27,30-35,45-52,66-67H,1-17,22-25,28-29H2,(H,62,64)(H,63,65)(H,74,75)(H,76,77)/t34-,35-,45-,46-,47+,48+,49-,50-,51-,52-/m0/s1. The highest BCUT2D eigenvalue weighted by molar-refractivity contribution is 5.88. The zero-order valence-electron chi connectivity index (χ0n) is 43.8. The van der Waals surface area contributed by atoms with Crippen molar-refractivity contribution in [2.45, 2.75) is 183 Å². The van der Waals surface area contributed by atoms with Gasteiger partial charge >= 0.3 is 12.2 Å². The number of hydrogen-bond acceptors (Lipinski definition) is 8. The molecule has 0 bridgehead atoms. The predicted molar refractivity (Wildman–Crippen MR) is 286 cm³/mol. The van der Waals surface area contributed by atoms with Crippen LogP contribution in [0.5, 0.6) is 0 Å². The molecule has 4 saturated heterocycles. The molecule has 18 heteroatoms. The summed E-state index contributed by atoms with van der Waals surface area (Å²) in [4.78, 5) is 79.0. The van der Waals surface area contributed by atoms with Crippen molar-refractivity contribution >= 4 is 57.4 Å². The van der Waals surface area contributed by atoms with Crippen molar-refractivity contribution in [3.05, 3.63) is 82.9 Å². The lowest BCUT2D eigenvalue weighted by atomic mass is 9.96. The smallest absolute Gasteiger partial charge is 0.405 e. The van der Waals surface area contributed by atoms with Gasteiger partial charge in [-0.05, 0) is 168 Å². The van der Waals surface area contributed by atoms with E-state index >= 15 is 8.78 Å². The Labute approximate surface area is 447 Å². The second-order valence-corrected chi connectivity index (χ2v) is 24.1. The van der Waals surface area contributed by atoms with Gasteiger partial charge in [0.1, 0.15) is 29.4 Å². The summed E-state index contributed by atoms with van der Waals surface area (Å²) in [5.74, 6) is 0.430. The Bertz CT molecular complexity index is 2880. The predicted octanol–water partition coefficient (Wildman–Crippen LogP) is 11.3. The number of piperidine rings is 1. The van der Waals surface area contributed by atoms with E-state index in [1.54, 1.807) is 0 Å². The van der Waals surface area contributed by atoms with Gasteiger partial charge < -0.3 is 50.4 Å². The van der Waals surface area contributed by atoms with Gasteiger partial charge in [0.25, 0.3) is 0 Å². The number of nitrogens with one attached hydrogen (secondary N) is 4. The number of rotatable bonds is 12. The lowest BCUT2D eigenvalue weighted by Crippen LogP contribution is -2.53. The highest BCUT2D eigenvalue weighted by Crippen LogP contribution is 2.52. The largest absolute Gasteiger partial charge is 0.465 e. The molecule has 2 aromatic heterocycles. The molecule has 3 aromatic carbocycles. The van der Waals surface area contributed by atoms with Crippen LogP contribution in [0, 0.1) is 35.3 Å². The summed E-state index contributed by atoms with van der Waals surface area (Å²) in [5.41, 5.74) is 5.44. The average Bonchev–Trinajstić information content (AvgIpc) is 4.27. The maximum absolute atomic E-state index is 16.6. The summed E-state index contributed by atoms with van der Waals surface area (Å²) in [6.07, 6.45) is 16.3. The fourth-order valence-electron chi connectivity index (χ4n) is 16.4. The van der Waals surface area contributed by atoms with E-state index in [0.29, 0.717) is 55.1 Å². The first kappa shape index (κ1) is 50.1. The van der Waals surface area contributed by atoms with Crippen molar-refractivity contribution in [1.29, 1.82) is 0 Å². The van der Waals surface area contributed by atoms with E-state index in [-0.39, 0.29) is 65.6 Å². The van der Waals surface area contributed by atoms with Crippen LogP contribution < -0.4 is 20.4 Å². The molecule has 0 spiro atoms. The van der Waals surface area contributed by atoms with Crippen molar-refractivity contribution in [1.82, 2.24) is 40.4 Å². The highest BCUT2D eigenvalue weighted by atomic mass is 19.1. The number of aromatic nitrogens is 4. The molecule has 4 amide bonds. The number of halogens is 2. The van der Waals surface area contributed by atoms with Crippen LogP contribution in [-0.2, 0) is 9.59 Å². The molecule has 6 heterocycles. The molecule has 6 N–H and O–H groups in total. The topological polar surface area (TPSA) is 203 Å². The number of fused-ring (bicyclic) bond motifs is 4. The summed E-state index contributed by atoms with van der Waals surface area (Å²) in [6, 6.07) is 12.5. The van der Waals surface area contributed by atoms with E-state index in [1.165, 1.54) is 12.1 Å². The number of imidazole rings is 2. The summed E-state index contributed by atoms with van der Waals surface area (Å²) < 4.78 is 33.2. The van der Waals surface area contributed by atoms with Gasteiger partial charge in [0.15, 0.2) is 11.6 Å². The number of anilines is 2. The minimum atomic E-state index is -1.18. The molecule has 408 valence electrons. The quantitative estimate of drug-likeness (QED) is 0.0698. The van der Waals surface area contributed by atoms with Crippen LogP contribution in [0.1, 0.15) is 182 Å². The molecule has 0 unspecified atom stereocenters. The number of nitrogens with zero attached hydrogens (tertiary/aromatic N) is 6. The monoisotopic (exact) mass is 1050 g/mol. The number of benzene rings is 3. The van der Waals surface area contributed by atoms with Crippen LogP contribution >= 0.6 is 0 Å². The third-order valence-corrected chi connectivity index (χ3v) is 19.8. The van der Waals surface area contributed by atoms with Gasteiger partial charge in [-0.1, -0.05) is 50.7 Å². The van der Waals surface area contributed by atoms with Crippen LogP contribution in [0.3, 0.4) is 0 Å². The van der Waals surface area contributed by atoms with Crippen LogP contribution in [-0.4, -0.2) is 101 Å². The lowest BCUT2D eigenvalue weighted by Gasteiger charge is -2.35. The molecule has 10 atom stereocenters. The molecule has 4 aliphatic heterocycles. The van der Waals surface area contributed by atoms with Gasteiger partial charge in [-0.15, -0.1) is 0 Å². The second-order valence-electron chi connectivity index (χ2n) is 24.1. The van der Waals surface area contributed by atoms with Crippen LogP contribution in [0.2, 0.25) is 0 Å². The van der Waals surface area contributed by atoms with Gasteiger partial charge in [-0.3, -0.25) is 9.59 Å². The molecule has 5 aromatic rings. The van der Waals surface area contributed by atoms with Gasteiger partial charge in [-0.2, -0.15) is 0 Å². The van der Waals surface area contributed by atoms with E-state index in [1.807, 2.05) is 26.8 Å². The van der Waals surface area contributed by atoms with Crippen LogP contribution in [0.15, 0.2) is 48.5 Å². The van der Waals surface area contributed by atoms with Crippen molar-refractivity contribution < 1.29 is 38.2 Å². The molecule has 13 rings (SSSR count). The SMILES string of the molecule is O=C(O)N[C@H](C(=O)N1[C@H](c2nc3ccc([C@H]4CC[C@H](c5ccc6nc([C@@H]7C[C@@H]8CCC[C@@H]8N7C(=O)[C@@H](NC(=O)O)C7CCCC7)[nH]c6c5)N4c4cc(F)c(N5CCCCC5)c(F)c4)cc3[nH]2)C[C@@H]2CCC[C@@H]21)C1CCCC1. The van der Waals surface area contributed by atoms with E-state index < -0.39 is 35.9 Å².